The van der Waals surface area contributed by atoms with Crippen LogP contribution in [0.4, 0.5) is 0 Å². The number of carboxylic acids is 1. The molecule has 186 valence electrons. The Bertz CT molecular complexity index is 860. The molecule has 2 aromatic rings. The molecule has 34 heavy (non-hydrogen) atoms. The van der Waals surface area contributed by atoms with E-state index in [0.717, 1.165) is 38.7 Å². The van der Waals surface area contributed by atoms with Crippen molar-refractivity contribution in [2.45, 2.75) is 57.6 Å². The number of benzene rings is 2. The summed E-state index contributed by atoms with van der Waals surface area (Å²) in [4.78, 5) is 23.1. The molecule has 0 heterocycles. The van der Waals surface area contributed by atoms with Crippen LogP contribution in [0.15, 0.2) is 54.6 Å². The van der Waals surface area contributed by atoms with Crippen molar-refractivity contribution in [3.05, 3.63) is 60.2 Å². The summed E-state index contributed by atoms with van der Waals surface area (Å²) in [7, 11) is 5.92. The molecular formula is C28H40N2O4. The van der Waals surface area contributed by atoms with E-state index in [9.17, 15) is 14.7 Å². The van der Waals surface area contributed by atoms with Crippen LogP contribution in [0.3, 0.4) is 0 Å². The van der Waals surface area contributed by atoms with E-state index in [0.29, 0.717) is 24.1 Å². The molecule has 1 N–H and O–H groups in total. The number of nitrogens with zero attached hydrogens (tertiary/aromatic N) is 1. The Morgan fingerprint density at radius 3 is 2.15 bits per heavy atom. The normalized spacial score (nSPS) is 12.3. The van der Waals surface area contributed by atoms with Crippen LogP contribution >= 0.6 is 0 Å². The SMILES string of the molecule is C[N+](C)(C)C[C@@H](CC(=O)[O-])NC(=O)CCCCCCCOCc1ccc(-c2ccccc2)cc1. The Morgan fingerprint density at radius 2 is 1.50 bits per heavy atom. The minimum absolute atomic E-state index is 0.0821. The Kier molecular flexibility index (Phi) is 11.8. The molecular weight excluding hydrogens is 428 g/mol. The van der Waals surface area contributed by atoms with Crippen molar-refractivity contribution in [2.24, 2.45) is 0 Å². The molecule has 1 amide bonds. The van der Waals surface area contributed by atoms with Gasteiger partial charge in [-0.15, -0.1) is 0 Å². The number of aliphatic carboxylic acids is 1. The molecule has 1 atom stereocenters. The number of ether oxygens (including phenoxy) is 1. The lowest BCUT2D eigenvalue weighted by Crippen LogP contribution is -2.50. The van der Waals surface area contributed by atoms with Crippen molar-refractivity contribution in [3.63, 3.8) is 0 Å². The van der Waals surface area contributed by atoms with Crippen molar-refractivity contribution in [3.8, 4) is 11.1 Å². The van der Waals surface area contributed by atoms with Gasteiger partial charge in [0, 0.05) is 25.4 Å². The smallest absolute Gasteiger partial charge is 0.220 e. The molecule has 0 bridgehead atoms. The lowest BCUT2D eigenvalue weighted by molar-refractivity contribution is -0.871. The molecule has 0 aliphatic rings. The second-order valence-corrected chi connectivity index (χ2v) is 9.95. The van der Waals surface area contributed by atoms with Crippen LogP contribution in [-0.2, 0) is 20.9 Å². The van der Waals surface area contributed by atoms with Crippen LogP contribution in [0.5, 0.6) is 0 Å². The number of hydrogen-bond donors (Lipinski definition) is 1. The van der Waals surface area contributed by atoms with Crippen LogP contribution in [0.1, 0.15) is 50.5 Å². The molecule has 0 fully saturated rings. The maximum Gasteiger partial charge on any atom is 0.220 e. The summed E-state index contributed by atoms with van der Waals surface area (Å²) >= 11 is 0. The van der Waals surface area contributed by atoms with Gasteiger partial charge in [0.2, 0.25) is 5.91 Å². The summed E-state index contributed by atoms with van der Waals surface area (Å²) in [5, 5.41) is 13.8. The molecule has 0 spiro atoms. The summed E-state index contributed by atoms with van der Waals surface area (Å²) in [5.41, 5.74) is 3.60. The topological polar surface area (TPSA) is 78.5 Å². The van der Waals surface area contributed by atoms with Crippen molar-refractivity contribution < 1.29 is 23.9 Å². The number of carbonyl (C=O) groups is 2. The Hall–Kier alpha value is -2.70. The molecule has 0 aliphatic carbocycles. The highest BCUT2D eigenvalue weighted by atomic mass is 16.5. The molecule has 0 radical (unpaired) electrons. The summed E-state index contributed by atoms with van der Waals surface area (Å²) in [6, 6.07) is 18.4. The van der Waals surface area contributed by atoms with Crippen LogP contribution < -0.4 is 10.4 Å². The van der Waals surface area contributed by atoms with Gasteiger partial charge in [0.25, 0.3) is 0 Å². The van der Waals surface area contributed by atoms with E-state index in [1.54, 1.807) is 0 Å². The average molecular weight is 469 g/mol. The molecule has 6 nitrogen and oxygen atoms in total. The molecule has 0 unspecified atom stereocenters. The van der Waals surface area contributed by atoms with Crippen molar-refractivity contribution >= 4 is 11.9 Å². The second kappa shape index (κ2) is 14.5. The first-order valence-electron chi connectivity index (χ1n) is 12.2. The van der Waals surface area contributed by atoms with Gasteiger partial charge in [0.15, 0.2) is 0 Å². The first-order valence-corrected chi connectivity index (χ1v) is 12.2. The van der Waals surface area contributed by atoms with E-state index in [1.165, 1.54) is 16.7 Å². The fraction of sp³-hybridized carbons (Fsp3) is 0.500. The first kappa shape index (κ1) is 27.5. The molecule has 2 aromatic carbocycles. The van der Waals surface area contributed by atoms with E-state index in [2.05, 4.69) is 41.7 Å². The van der Waals surface area contributed by atoms with Crippen molar-refractivity contribution in [2.75, 3.05) is 34.3 Å². The van der Waals surface area contributed by atoms with Gasteiger partial charge < -0.3 is 24.4 Å². The first-order chi connectivity index (χ1) is 16.2. The van der Waals surface area contributed by atoms with Crippen molar-refractivity contribution in [1.82, 2.24) is 5.32 Å². The van der Waals surface area contributed by atoms with Gasteiger partial charge >= 0.3 is 0 Å². The van der Waals surface area contributed by atoms with Gasteiger partial charge in [-0.2, -0.15) is 0 Å². The molecule has 2 rings (SSSR count). The van der Waals surface area contributed by atoms with Crippen LogP contribution in [-0.4, -0.2) is 56.7 Å². The number of likely N-dealkylation sites (N-methyl/N-ethyl adjacent to an activating group) is 1. The number of carbonyl (C=O) groups excluding carboxylic acids is 2. The van der Waals surface area contributed by atoms with Crippen LogP contribution in [0, 0.1) is 0 Å². The third-order valence-corrected chi connectivity index (χ3v) is 5.57. The maximum absolute atomic E-state index is 12.2. The Labute approximate surface area is 204 Å². The van der Waals surface area contributed by atoms with Crippen LogP contribution in [0.2, 0.25) is 0 Å². The fourth-order valence-electron chi connectivity index (χ4n) is 3.96. The third kappa shape index (κ3) is 12.0. The predicted molar refractivity (Wildman–Crippen MR) is 134 cm³/mol. The predicted octanol–water partition coefficient (Wildman–Crippen LogP) is 3.54. The number of hydrogen-bond acceptors (Lipinski definition) is 4. The van der Waals surface area contributed by atoms with Gasteiger partial charge in [-0.25, -0.2) is 0 Å². The fourth-order valence-corrected chi connectivity index (χ4v) is 3.96. The largest absolute Gasteiger partial charge is 0.550 e. The van der Waals surface area contributed by atoms with Gasteiger partial charge in [0.1, 0.15) is 0 Å². The zero-order chi connectivity index (χ0) is 24.8. The summed E-state index contributed by atoms with van der Waals surface area (Å²) in [6.45, 7) is 1.91. The molecule has 0 saturated heterocycles. The second-order valence-electron chi connectivity index (χ2n) is 9.95. The Balaban J connectivity index is 1.52. The number of unbranched alkanes of at least 4 members (excludes halogenated alkanes) is 4. The number of quaternary nitrogens is 1. The van der Waals surface area contributed by atoms with Crippen molar-refractivity contribution in [1.29, 1.82) is 0 Å². The molecule has 0 aliphatic heterocycles. The molecule has 6 heteroatoms. The van der Waals surface area contributed by atoms with Gasteiger partial charge in [-0.1, -0.05) is 73.9 Å². The minimum Gasteiger partial charge on any atom is -0.550 e. The molecule has 0 saturated carbocycles. The number of rotatable bonds is 16. The maximum atomic E-state index is 12.2. The zero-order valence-corrected chi connectivity index (χ0v) is 20.9. The van der Waals surface area contributed by atoms with E-state index in [-0.39, 0.29) is 12.3 Å². The summed E-state index contributed by atoms with van der Waals surface area (Å²) in [5.74, 6) is -1.22. The van der Waals surface area contributed by atoms with E-state index in [4.69, 9.17) is 4.74 Å². The summed E-state index contributed by atoms with van der Waals surface area (Å²) in [6.07, 6.45) is 5.20. The Morgan fingerprint density at radius 1 is 0.882 bits per heavy atom. The highest BCUT2D eigenvalue weighted by molar-refractivity contribution is 5.77. The zero-order valence-electron chi connectivity index (χ0n) is 20.9. The molecule has 0 aromatic heterocycles. The van der Waals surface area contributed by atoms with Gasteiger partial charge in [-0.05, 0) is 29.5 Å². The lowest BCUT2D eigenvalue weighted by Gasteiger charge is -2.30. The number of nitrogens with one attached hydrogen (secondary N) is 1. The van der Waals surface area contributed by atoms with E-state index >= 15 is 0 Å². The van der Waals surface area contributed by atoms with Crippen LogP contribution in [0.25, 0.3) is 11.1 Å². The van der Waals surface area contributed by atoms with Gasteiger partial charge in [0.05, 0.1) is 40.3 Å². The highest BCUT2D eigenvalue weighted by Crippen LogP contribution is 2.19. The quantitative estimate of drug-likeness (QED) is 0.302. The average Bonchev–Trinajstić information content (AvgIpc) is 2.77. The summed E-state index contributed by atoms with van der Waals surface area (Å²) < 4.78 is 6.39. The number of carboxylic acid groups (broad SMARTS) is 1. The monoisotopic (exact) mass is 468 g/mol. The third-order valence-electron chi connectivity index (χ3n) is 5.57. The van der Waals surface area contributed by atoms with Gasteiger partial charge in [-0.3, -0.25) is 4.79 Å². The lowest BCUT2D eigenvalue weighted by atomic mass is 10.0. The van der Waals surface area contributed by atoms with E-state index < -0.39 is 12.0 Å². The number of amides is 1. The minimum atomic E-state index is -1.13. The highest BCUT2D eigenvalue weighted by Gasteiger charge is 2.20. The standard InChI is InChI=1S/C28H40N2O4/c1-30(2,3)21-26(20-28(32)33)29-27(31)14-10-5-4-6-11-19-34-22-23-15-17-25(18-16-23)24-12-8-7-9-13-24/h7-9,12-13,15-18,26H,4-6,10-11,14,19-22H2,1-3H3,(H-,29,31,32,33)/t26-/m1/s1. The van der Waals surface area contributed by atoms with E-state index in [1.807, 2.05) is 39.3 Å².